The van der Waals surface area contributed by atoms with Gasteiger partial charge >= 0.3 is 0 Å². The molecule has 0 unspecified atom stereocenters. The van der Waals surface area contributed by atoms with E-state index in [1.807, 2.05) is 0 Å². The molecule has 0 amide bonds. The van der Waals surface area contributed by atoms with Gasteiger partial charge in [0.2, 0.25) is 0 Å². The van der Waals surface area contributed by atoms with Crippen LogP contribution in [0.25, 0.3) is 0 Å². The average Bonchev–Trinajstić information content (AvgIpc) is 2.87. The van der Waals surface area contributed by atoms with E-state index in [1.54, 1.807) is 47.4 Å². The van der Waals surface area contributed by atoms with Gasteiger partial charge in [0.15, 0.2) is 0 Å². The molecule has 0 spiro atoms. The van der Waals surface area contributed by atoms with Gasteiger partial charge in [0.1, 0.15) is 6.23 Å². The van der Waals surface area contributed by atoms with E-state index in [1.165, 1.54) is 12.1 Å². The third-order valence-electron chi connectivity index (χ3n) is 3.99. The van der Waals surface area contributed by atoms with Crippen molar-refractivity contribution in [2.45, 2.75) is 30.2 Å². The Morgan fingerprint density at radius 3 is 2.29 bits per heavy atom. The lowest BCUT2D eigenvalue weighted by Crippen LogP contribution is -2.28. The molecular formula is C17H20N2O4S. The Labute approximate surface area is 141 Å². The summed E-state index contributed by atoms with van der Waals surface area (Å²) in [5.41, 5.74) is 1.41. The van der Waals surface area contributed by atoms with Crippen LogP contribution in [0.2, 0.25) is 0 Å². The van der Waals surface area contributed by atoms with Crippen LogP contribution in [0.5, 0.6) is 0 Å². The van der Waals surface area contributed by atoms with Gasteiger partial charge in [-0.25, -0.2) is 8.42 Å². The fourth-order valence-corrected chi connectivity index (χ4v) is 3.84. The molecule has 0 aliphatic carbocycles. The van der Waals surface area contributed by atoms with Crippen LogP contribution < -0.4 is 4.72 Å². The number of nitrogens with one attached hydrogen (secondary N) is 1. The number of benzene rings is 2. The molecule has 1 saturated heterocycles. The number of hydrogen-bond donors (Lipinski definition) is 3. The molecular weight excluding hydrogens is 328 g/mol. The minimum Gasteiger partial charge on any atom is -0.392 e. The van der Waals surface area contributed by atoms with E-state index < -0.39 is 22.4 Å². The first-order chi connectivity index (χ1) is 11.4. The van der Waals surface area contributed by atoms with E-state index in [9.17, 15) is 18.6 Å². The molecule has 0 saturated carbocycles. The highest BCUT2D eigenvalue weighted by Crippen LogP contribution is 2.21. The summed E-state index contributed by atoms with van der Waals surface area (Å²) in [4.78, 5) is 2.00. The number of likely N-dealkylation sites (tertiary alicyclic amines) is 1. The molecule has 2 aromatic carbocycles. The Kier molecular flexibility index (Phi) is 4.86. The van der Waals surface area contributed by atoms with Crippen molar-refractivity contribution in [3.8, 4) is 0 Å². The van der Waals surface area contributed by atoms with E-state index in [4.69, 9.17) is 0 Å². The summed E-state index contributed by atoms with van der Waals surface area (Å²) in [6.07, 6.45) is -0.789. The zero-order valence-corrected chi connectivity index (χ0v) is 13.9. The fourth-order valence-electron chi connectivity index (χ4n) is 2.76. The van der Waals surface area contributed by atoms with Crippen LogP contribution in [-0.4, -0.2) is 42.4 Å². The molecule has 24 heavy (non-hydrogen) atoms. The summed E-state index contributed by atoms with van der Waals surface area (Å²) in [5, 5.41) is 19.4. The van der Waals surface area contributed by atoms with Crippen molar-refractivity contribution in [2.24, 2.45) is 0 Å². The first kappa shape index (κ1) is 16.9. The molecule has 0 aromatic heterocycles. The second-order valence-corrected chi connectivity index (χ2v) is 7.60. The van der Waals surface area contributed by atoms with Gasteiger partial charge in [0, 0.05) is 25.2 Å². The lowest BCUT2D eigenvalue weighted by molar-refractivity contribution is 0.0326. The number of aliphatic hydroxyl groups is 2. The quantitative estimate of drug-likeness (QED) is 0.759. The van der Waals surface area contributed by atoms with Crippen molar-refractivity contribution in [1.82, 2.24) is 4.90 Å². The van der Waals surface area contributed by atoms with Gasteiger partial charge in [-0.3, -0.25) is 9.62 Å². The molecule has 0 radical (unpaired) electrons. The lowest BCUT2D eigenvalue weighted by Gasteiger charge is -2.19. The van der Waals surface area contributed by atoms with Gasteiger partial charge < -0.3 is 10.2 Å². The first-order valence-corrected chi connectivity index (χ1v) is 9.19. The van der Waals surface area contributed by atoms with Crippen molar-refractivity contribution in [2.75, 3.05) is 11.3 Å². The summed E-state index contributed by atoms with van der Waals surface area (Å²) in [6, 6.07) is 15.2. The first-order valence-electron chi connectivity index (χ1n) is 7.71. The summed E-state index contributed by atoms with van der Waals surface area (Å²) in [5.74, 6) is 0. The van der Waals surface area contributed by atoms with Crippen molar-refractivity contribution in [3.63, 3.8) is 0 Å². The molecule has 0 bridgehead atoms. The highest BCUT2D eigenvalue weighted by Gasteiger charge is 2.28. The van der Waals surface area contributed by atoms with Crippen molar-refractivity contribution < 1.29 is 18.6 Å². The van der Waals surface area contributed by atoms with E-state index in [0.717, 1.165) is 5.56 Å². The molecule has 1 aliphatic heterocycles. The Morgan fingerprint density at radius 1 is 1.04 bits per heavy atom. The Morgan fingerprint density at radius 2 is 1.71 bits per heavy atom. The van der Waals surface area contributed by atoms with Gasteiger partial charge in [-0.05, 0) is 29.8 Å². The molecule has 7 heteroatoms. The minimum absolute atomic E-state index is 0.211. The normalized spacial score (nSPS) is 21.8. The summed E-state index contributed by atoms with van der Waals surface area (Å²) >= 11 is 0. The topological polar surface area (TPSA) is 89.9 Å². The van der Waals surface area contributed by atoms with Gasteiger partial charge in [0.25, 0.3) is 10.0 Å². The maximum absolute atomic E-state index is 12.3. The highest BCUT2D eigenvalue weighted by molar-refractivity contribution is 7.92. The van der Waals surface area contributed by atoms with E-state index >= 15 is 0 Å². The number of sulfonamides is 1. The fraction of sp³-hybridized carbons (Fsp3) is 0.294. The van der Waals surface area contributed by atoms with Gasteiger partial charge in [-0.1, -0.05) is 30.3 Å². The van der Waals surface area contributed by atoms with Crippen molar-refractivity contribution in [1.29, 1.82) is 0 Å². The van der Waals surface area contributed by atoms with E-state index in [0.29, 0.717) is 25.2 Å². The number of hydrogen-bond acceptors (Lipinski definition) is 5. The number of β-amino-alcohol motifs (C(OH)–C–C–N with tert-alkyl or cyclic N) is 1. The smallest absolute Gasteiger partial charge is 0.261 e. The molecule has 3 rings (SSSR count). The maximum Gasteiger partial charge on any atom is 0.261 e. The second kappa shape index (κ2) is 6.90. The van der Waals surface area contributed by atoms with Crippen LogP contribution in [0.15, 0.2) is 59.5 Å². The molecule has 2 atom stereocenters. The molecule has 1 heterocycles. The minimum atomic E-state index is -3.60. The van der Waals surface area contributed by atoms with E-state index in [-0.39, 0.29) is 4.90 Å². The Hall–Kier alpha value is -1.93. The third-order valence-corrected chi connectivity index (χ3v) is 5.39. The molecule has 1 fully saturated rings. The highest BCUT2D eigenvalue weighted by atomic mass is 32.2. The third kappa shape index (κ3) is 3.93. The summed E-state index contributed by atoms with van der Waals surface area (Å²) in [6.45, 7) is 0.938. The number of nitrogens with zero attached hydrogens (tertiary/aromatic N) is 1. The maximum atomic E-state index is 12.3. The van der Waals surface area contributed by atoms with E-state index in [2.05, 4.69) is 4.72 Å². The number of anilines is 1. The number of rotatable bonds is 5. The Balaban J connectivity index is 1.67. The van der Waals surface area contributed by atoms with Crippen LogP contribution in [0.4, 0.5) is 5.69 Å². The molecule has 3 N–H and O–H groups in total. The standard InChI is InChI=1S/C17H20N2O4S/c20-15-10-17(21)19(12-15)11-13-6-8-14(9-7-13)18-24(22,23)16-4-2-1-3-5-16/h1-9,15,17-18,20-21H,10-12H2/t15-,17-/m0/s1. The predicted molar refractivity (Wildman–Crippen MR) is 90.7 cm³/mol. The van der Waals surface area contributed by atoms with Crippen LogP contribution in [0.1, 0.15) is 12.0 Å². The molecule has 6 nitrogen and oxygen atoms in total. The largest absolute Gasteiger partial charge is 0.392 e. The predicted octanol–water partition coefficient (Wildman–Crippen LogP) is 1.37. The number of aliphatic hydroxyl groups excluding tert-OH is 2. The summed E-state index contributed by atoms with van der Waals surface area (Å²) in [7, 11) is -3.60. The monoisotopic (exact) mass is 348 g/mol. The summed E-state index contributed by atoms with van der Waals surface area (Å²) < 4.78 is 27.1. The lowest BCUT2D eigenvalue weighted by atomic mass is 10.2. The van der Waals surface area contributed by atoms with Gasteiger partial charge in [-0.15, -0.1) is 0 Å². The van der Waals surface area contributed by atoms with Crippen LogP contribution in [0.3, 0.4) is 0 Å². The van der Waals surface area contributed by atoms with Gasteiger partial charge in [-0.2, -0.15) is 0 Å². The zero-order chi connectivity index (χ0) is 17.2. The average molecular weight is 348 g/mol. The van der Waals surface area contributed by atoms with Gasteiger partial charge in [0.05, 0.1) is 11.0 Å². The van der Waals surface area contributed by atoms with Crippen molar-refractivity contribution in [3.05, 3.63) is 60.2 Å². The molecule has 1 aliphatic rings. The Bertz CT molecular complexity index is 778. The SMILES string of the molecule is O=S(=O)(Nc1ccc(CN2C[C@@H](O)C[C@@H]2O)cc1)c1ccccc1. The van der Waals surface area contributed by atoms with Crippen LogP contribution >= 0.6 is 0 Å². The zero-order valence-electron chi connectivity index (χ0n) is 13.0. The van der Waals surface area contributed by atoms with Crippen molar-refractivity contribution >= 4 is 15.7 Å². The second-order valence-electron chi connectivity index (χ2n) is 5.92. The molecule has 128 valence electrons. The van der Waals surface area contributed by atoms with Crippen LogP contribution in [0, 0.1) is 0 Å². The van der Waals surface area contributed by atoms with Crippen LogP contribution in [-0.2, 0) is 16.6 Å². The molecule has 2 aromatic rings.